The third-order valence-electron chi connectivity index (χ3n) is 11.6. The first kappa shape index (κ1) is 41.4. The molecule has 0 radical (unpaired) electrons. The highest BCUT2D eigenvalue weighted by atomic mass is 16.7. The lowest BCUT2D eigenvalue weighted by atomic mass is 9.55. The summed E-state index contributed by atoms with van der Waals surface area (Å²) >= 11 is 0. The summed E-state index contributed by atoms with van der Waals surface area (Å²) in [7, 11) is 3.33. The molecule has 2 aliphatic carbocycles. The number of nitro groups is 1. The van der Waals surface area contributed by atoms with Gasteiger partial charge < -0.3 is 39.3 Å². The number of non-ortho nitro benzene ring substituents is 1. The lowest BCUT2D eigenvalue weighted by Gasteiger charge is -2.59. The minimum Gasteiger partial charge on any atom is -0.508 e. The van der Waals surface area contributed by atoms with Crippen molar-refractivity contribution in [3.63, 3.8) is 0 Å². The lowest BCUT2D eigenvalue weighted by molar-refractivity contribution is -0.384. The van der Waals surface area contributed by atoms with Crippen LogP contribution in [0.2, 0.25) is 0 Å². The number of hydrogen-bond donors (Lipinski definition) is 3. The number of ether oxygens (including phenoxy) is 3. The third kappa shape index (κ3) is 9.01. The van der Waals surface area contributed by atoms with Crippen molar-refractivity contribution in [3.8, 4) is 17.2 Å². The third-order valence-corrected chi connectivity index (χ3v) is 11.6. The standard InChI is InChI=1S/C44H53N3O10/c1-4-22-55-44-40(46(2)41(51)24-30-10-9-12-34(23-30)54-3)27-38(45-56-28-29-14-16-32(17-15-29)47(52)53)36-25-31(11-5-7-20-48)35(13-6-8-21-49)42(43(36)44)37-26-33(50)18-19-39(37)57-44/h4,9-10,12,14-19,23,25-26,31,35,40,42-43,48-50H,1,5-8,11,13,20-22,24,27-28H2,2-3H3/t31-,35+,40-,42+,43+,44+/m0/s1. The number of likely N-dealkylation sites (N-methyl/N-ethyl adjacent to an activating group) is 1. The van der Waals surface area contributed by atoms with Crippen LogP contribution in [-0.4, -0.2) is 82.6 Å². The summed E-state index contributed by atoms with van der Waals surface area (Å²) in [6.07, 6.45) is 8.57. The Hall–Kier alpha value is -5.24. The number of aliphatic hydroxyl groups excluding tert-OH is 2. The second-order valence-corrected chi connectivity index (χ2v) is 15.0. The van der Waals surface area contributed by atoms with Gasteiger partial charge in [-0.1, -0.05) is 42.3 Å². The van der Waals surface area contributed by atoms with Gasteiger partial charge in [-0.15, -0.1) is 6.58 Å². The smallest absolute Gasteiger partial charge is 0.269 e. The number of rotatable bonds is 19. The second-order valence-electron chi connectivity index (χ2n) is 15.0. The molecule has 6 rings (SSSR count). The van der Waals surface area contributed by atoms with E-state index in [1.165, 1.54) is 12.1 Å². The molecule has 3 aromatic carbocycles. The van der Waals surface area contributed by atoms with Gasteiger partial charge in [-0.3, -0.25) is 14.9 Å². The van der Waals surface area contributed by atoms with Gasteiger partial charge in [0.15, 0.2) is 0 Å². The molecule has 0 saturated heterocycles. The molecule has 1 heterocycles. The second kappa shape index (κ2) is 18.8. The topological polar surface area (TPSA) is 173 Å². The molecule has 0 aromatic heterocycles. The Kier molecular flexibility index (Phi) is 13.7. The SMILES string of the molecule is C=CCO[C@@]12Oc3ccc(O)cc3[C@H]3[C@H](CCCCO)[C@@H](CCCCO)C=C(C(=NOCc4ccc([N+](=O)[O-])cc4)C[C@@H]1N(C)C(=O)Cc1cccc(OC)c1)[C@H]32. The van der Waals surface area contributed by atoms with Crippen molar-refractivity contribution in [3.05, 3.63) is 118 Å². The molecule has 3 aliphatic rings. The number of nitrogens with zero attached hydrogens (tertiary/aromatic N) is 3. The maximum Gasteiger partial charge on any atom is 0.269 e. The summed E-state index contributed by atoms with van der Waals surface area (Å²) in [6, 6.07) is 17.9. The van der Waals surface area contributed by atoms with Crippen LogP contribution in [0, 0.1) is 27.9 Å². The molecule has 3 aromatic rings. The normalized spacial score (nSPS) is 24.0. The summed E-state index contributed by atoms with van der Waals surface area (Å²) in [4.78, 5) is 32.9. The molecular weight excluding hydrogens is 730 g/mol. The Morgan fingerprint density at radius 3 is 2.51 bits per heavy atom. The molecule has 304 valence electrons. The van der Waals surface area contributed by atoms with Crippen LogP contribution >= 0.6 is 0 Å². The van der Waals surface area contributed by atoms with Gasteiger partial charge in [0.25, 0.3) is 5.69 Å². The van der Waals surface area contributed by atoms with Crippen LogP contribution in [-0.2, 0) is 27.4 Å². The number of hydrogen-bond acceptors (Lipinski definition) is 11. The van der Waals surface area contributed by atoms with E-state index in [0.717, 1.165) is 42.4 Å². The zero-order valence-electron chi connectivity index (χ0n) is 32.6. The van der Waals surface area contributed by atoms with E-state index in [9.17, 15) is 30.2 Å². The number of oxime groups is 1. The number of allylic oxidation sites excluding steroid dienone is 1. The first-order valence-electron chi connectivity index (χ1n) is 19.6. The highest BCUT2D eigenvalue weighted by molar-refractivity contribution is 6.03. The summed E-state index contributed by atoms with van der Waals surface area (Å²) in [5, 5.41) is 46.5. The first-order valence-corrected chi connectivity index (χ1v) is 19.6. The zero-order valence-corrected chi connectivity index (χ0v) is 32.6. The summed E-state index contributed by atoms with van der Waals surface area (Å²) in [6.45, 7) is 4.27. The minimum absolute atomic E-state index is 0.0129. The Morgan fingerprint density at radius 1 is 1.05 bits per heavy atom. The molecule has 0 bridgehead atoms. The van der Waals surface area contributed by atoms with Crippen molar-refractivity contribution < 1.29 is 44.1 Å². The van der Waals surface area contributed by atoms with Gasteiger partial charge >= 0.3 is 0 Å². The van der Waals surface area contributed by atoms with E-state index < -0.39 is 22.7 Å². The fourth-order valence-electron chi connectivity index (χ4n) is 8.89. The Bertz CT molecular complexity index is 1950. The van der Waals surface area contributed by atoms with Crippen LogP contribution in [0.4, 0.5) is 5.69 Å². The van der Waals surface area contributed by atoms with E-state index in [4.69, 9.17) is 24.2 Å². The van der Waals surface area contributed by atoms with Gasteiger partial charge in [-0.25, -0.2) is 0 Å². The fourth-order valence-corrected chi connectivity index (χ4v) is 8.89. The van der Waals surface area contributed by atoms with Crippen molar-refractivity contribution >= 4 is 17.3 Å². The van der Waals surface area contributed by atoms with Crippen LogP contribution in [0.5, 0.6) is 17.2 Å². The van der Waals surface area contributed by atoms with E-state index in [2.05, 4.69) is 12.7 Å². The quantitative estimate of drug-likeness (QED) is 0.0506. The Morgan fingerprint density at radius 2 is 1.81 bits per heavy atom. The summed E-state index contributed by atoms with van der Waals surface area (Å²) in [5.74, 6) is -1.06. The lowest BCUT2D eigenvalue weighted by Crippen LogP contribution is -2.69. The number of phenols is 1. The van der Waals surface area contributed by atoms with Crippen LogP contribution in [0.1, 0.15) is 67.6 Å². The van der Waals surface area contributed by atoms with Crippen LogP contribution in [0.15, 0.2) is 96.2 Å². The number of carbonyl (C=O) groups excluding carboxylic acids is 1. The number of aromatic hydroxyl groups is 1. The number of unbranched alkanes of at least 4 members (excludes halogenated alkanes) is 2. The number of nitro benzene ring substituents is 1. The minimum atomic E-state index is -1.42. The van der Waals surface area contributed by atoms with Gasteiger partial charge in [0.05, 0.1) is 36.7 Å². The average Bonchev–Trinajstić information content (AvgIpc) is 3.21. The van der Waals surface area contributed by atoms with E-state index in [0.29, 0.717) is 35.6 Å². The van der Waals surface area contributed by atoms with Gasteiger partial charge in [-0.2, -0.15) is 0 Å². The molecule has 0 unspecified atom stereocenters. The van der Waals surface area contributed by atoms with Crippen LogP contribution in [0.3, 0.4) is 0 Å². The molecule has 1 fully saturated rings. The van der Waals surface area contributed by atoms with E-state index in [-0.39, 0.29) is 74.4 Å². The van der Waals surface area contributed by atoms with Gasteiger partial charge in [0, 0.05) is 50.3 Å². The maximum absolute atomic E-state index is 14.4. The maximum atomic E-state index is 14.4. The van der Waals surface area contributed by atoms with Crippen molar-refractivity contribution in [1.82, 2.24) is 4.90 Å². The van der Waals surface area contributed by atoms with Gasteiger partial charge in [0.1, 0.15) is 29.9 Å². The number of amides is 1. The highest BCUT2D eigenvalue weighted by Gasteiger charge is 2.65. The predicted molar refractivity (Wildman–Crippen MR) is 214 cm³/mol. The molecular formula is C44H53N3O10. The number of benzene rings is 3. The van der Waals surface area contributed by atoms with E-state index >= 15 is 0 Å². The number of fused-ring (bicyclic) bond motifs is 2. The molecule has 6 atom stereocenters. The molecule has 13 heteroatoms. The van der Waals surface area contributed by atoms with Crippen molar-refractivity contribution in [2.24, 2.45) is 22.9 Å². The first-order chi connectivity index (χ1) is 27.6. The summed E-state index contributed by atoms with van der Waals surface area (Å²) < 4.78 is 19.4. The fraction of sp³-hybridized carbons (Fsp3) is 0.455. The number of carbonyl (C=O) groups is 1. The number of aliphatic hydroxyl groups is 2. The molecule has 3 N–H and O–H groups in total. The number of phenolic OH excluding ortho intramolecular Hbond substituents is 1. The van der Waals surface area contributed by atoms with E-state index in [1.807, 2.05) is 24.3 Å². The Labute approximate surface area is 333 Å². The molecule has 1 aliphatic heterocycles. The van der Waals surface area contributed by atoms with Crippen molar-refractivity contribution in [2.45, 2.75) is 75.7 Å². The molecule has 57 heavy (non-hydrogen) atoms. The number of methoxy groups -OCH3 is 1. The van der Waals surface area contributed by atoms with Gasteiger partial charge in [-0.05, 0) is 96.7 Å². The van der Waals surface area contributed by atoms with Crippen molar-refractivity contribution in [2.75, 3.05) is 34.0 Å². The van der Waals surface area contributed by atoms with Crippen molar-refractivity contribution in [1.29, 1.82) is 0 Å². The summed E-state index contributed by atoms with van der Waals surface area (Å²) in [5.41, 5.74) is 3.74. The van der Waals surface area contributed by atoms with Gasteiger partial charge in [0.2, 0.25) is 11.7 Å². The molecule has 0 spiro atoms. The average molecular weight is 784 g/mol. The van der Waals surface area contributed by atoms with Crippen LogP contribution < -0.4 is 9.47 Å². The largest absolute Gasteiger partial charge is 0.508 e. The predicted octanol–water partition coefficient (Wildman–Crippen LogP) is 6.84. The zero-order chi connectivity index (χ0) is 40.5. The van der Waals surface area contributed by atoms with Crippen LogP contribution in [0.25, 0.3) is 0 Å². The highest BCUT2D eigenvalue weighted by Crippen LogP contribution is 2.61. The Balaban J connectivity index is 1.50. The van der Waals surface area contributed by atoms with E-state index in [1.54, 1.807) is 55.5 Å². The molecule has 13 nitrogen and oxygen atoms in total. The molecule has 1 saturated carbocycles. The molecule has 1 amide bonds. The monoisotopic (exact) mass is 783 g/mol.